The zero-order valence-electron chi connectivity index (χ0n) is 23.8. The fourth-order valence-electron chi connectivity index (χ4n) is 4.98. The van der Waals surface area contributed by atoms with Crippen LogP contribution in [0.1, 0.15) is 124 Å². The lowest BCUT2D eigenvalue weighted by Gasteiger charge is -2.25. The lowest BCUT2D eigenvalue weighted by Crippen LogP contribution is -2.21. The zero-order chi connectivity index (χ0) is 26.4. The molecule has 4 nitrogen and oxygen atoms in total. The molecule has 0 aliphatic heterocycles. The fourth-order valence-corrected chi connectivity index (χ4v) is 9.19. The Bertz CT molecular complexity index is 664. The molecule has 0 fully saturated rings. The van der Waals surface area contributed by atoms with Gasteiger partial charge in [-0.15, -0.1) is 0 Å². The van der Waals surface area contributed by atoms with Crippen LogP contribution in [0.4, 0.5) is 0 Å². The van der Waals surface area contributed by atoms with Crippen molar-refractivity contribution in [3.05, 3.63) is 30.3 Å². The molecule has 0 radical (unpaired) electrons. The van der Waals surface area contributed by atoms with Gasteiger partial charge in [0.1, 0.15) is 0 Å². The van der Waals surface area contributed by atoms with Gasteiger partial charge >= 0.3 is 7.82 Å². The van der Waals surface area contributed by atoms with Gasteiger partial charge in [-0.2, -0.15) is 0 Å². The first-order valence-corrected chi connectivity index (χ1v) is 18.9. The number of hydrogen-bond donors (Lipinski definition) is 1. The molecule has 1 unspecified atom stereocenters. The van der Waals surface area contributed by atoms with Crippen molar-refractivity contribution >= 4 is 20.4 Å². The van der Waals surface area contributed by atoms with Crippen molar-refractivity contribution in [2.45, 2.75) is 124 Å². The number of unbranched alkanes of at least 4 members (excludes halogenated alkanes) is 15. The first-order chi connectivity index (χ1) is 17.5. The van der Waals surface area contributed by atoms with Gasteiger partial charge in [0.15, 0.2) is 0 Å². The van der Waals surface area contributed by atoms with Crippen molar-refractivity contribution in [3.8, 4) is 0 Å². The van der Waals surface area contributed by atoms with Crippen LogP contribution >= 0.6 is 15.1 Å². The molecule has 0 bridgehead atoms. The Morgan fingerprint density at radius 3 is 1.50 bits per heavy atom. The van der Waals surface area contributed by atoms with E-state index >= 15 is 0 Å². The molecule has 1 N–H and O–H groups in total. The zero-order valence-corrected chi connectivity index (χ0v) is 25.6. The van der Waals surface area contributed by atoms with Crippen LogP contribution in [0.2, 0.25) is 0 Å². The van der Waals surface area contributed by atoms with Gasteiger partial charge in [0.25, 0.3) is 0 Å². The van der Waals surface area contributed by atoms with E-state index in [0.717, 1.165) is 31.3 Å². The highest BCUT2D eigenvalue weighted by Gasteiger charge is 2.36. The van der Waals surface area contributed by atoms with Gasteiger partial charge in [0.2, 0.25) is 0 Å². The summed E-state index contributed by atoms with van der Waals surface area (Å²) in [5, 5.41) is 1.38. The van der Waals surface area contributed by atoms with Gasteiger partial charge in [0, 0.05) is 7.26 Å². The van der Waals surface area contributed by atoms with Gasteiger partial charge in [-0.1, -0.05) is 121 Å². The molecule has 0 aliphatic rings. The fraction of sp³-hybridized carbons (Fsp3) is 0.800. The smallest absolute Gasteiger partial charge is 0.302 e. The summed E-state index contributed by atoms with van der Waals surface area (Å²) in [7, 11) is -5.34. The number of rotatable bonds is 25. The van der Waals surface area contributed by atoms with Gasteiger partial charge in [-0.3, -0.25) is 9.05 Å². The number of hydrogen-bond acceptors (Lipinski definition) is 3. The summed E-state index contributed by atoms with van der Waals surface area (Å²) < 4.78 is 22.9. The summed E-state index contributed by atoms with van der Waals surface area (Å²) >= 11 is 0. The van der Waals surface area contributed by atoms with E-state index in [1.54, 1.807) is 0 Å². The van der Waals surface area contributed by atoms with Gasteiger partial charge < -0.3 is 4.89 Å². The average Bonchev–Trinajstić information content (AvgIpc) is 2.89. The summed E-state index contributed by atoms with van der Waals surface area (Å²) in [5.74, 6) is 0. The van der Waals surface area contributed by atoms with E-state index in [9.17, 15) is 9.46 Å². The second-order valence-corrected chi connectivity index (χ2v) is 16.2. The van der Waals surface area contributed by atoms with Crippen molar-refractivity contribution in [2.75, 3.05) is 31.7 Å². The third-order valence-electron chi connectivity index (χ3n) is 7.54. The molecule has 6 heteroatoms. The molecule has 0 heterocycles. The Morgan fingerprint density at radius 2 is 1.06 bits per heavy atom. The molecule has 0 spiro atoms. The summed E-state index contributed by atoms with van der Waals surface area (Å²) in [6.07, 6.45) is 23.9. The molecule has 0 aromatic heterocycles. The Labute approximate surface area is 224 Å². The Hall–Kier alpha value is -0.240. The van der Waals surface area contributed by atoms with Crippen molar-refractivity contribution in [2.24, 2.45) is 0 Å². The van der Waals surface area contributed by atoms with E-state index < -0.39 is 15.1 Å². The first kappa shape index (κ1) is 33.8. The third kappa shape index (κ3) is 15.9. The number of phosphoric ester groups is 1. The Morgan fingerprint density at radius 1 is 0.639 bits per heavy atom. The van der Waals surface area contributed by atoms with Crippen LogP contribution in [0.25, 0.3) is 0 Å². The molecule has 210 valence electrons. The minimum absolute atomic E-state index is 0.275. The number of benzene rings is 1. The molecule has 1 atom stereocenters. The maximum Gasteiger partial charge on any atom is 0.472 e. The summed E-state index contributed by atoms with van der Waals surface area (Å²) in [5.41, 5.74) is 0. The van der Waals surface area contributed by atoms with Crippen LogP contribution in [-0.2, 0) is 13.6 Å². The number of phosphoric acid groups is 1. The normalized spacial score (nSPS) is 13.7. The summed E-state index contributed by atoms with van der Waals surface area (Å²) in [6, 6.07) is 10.6. The highest BCUT2D eigenvalue weighted by atomic mass is 31.2. The second kappa shape index (κ2) is 21.7. The van der Waals surface area contributed by atoms with E-state index in [1.165, 1.54) is 95.2 Å². The summed E-state index contributed by atoms with van der Waals surface area (Å²) in [6.45, 7) is 7.29. The maximum atomic E-state index is 12.3. The molecule has 1 rings (SSSR count). The van der Waals surface area contributed by atoms with Crippen LogP contribution in [0.3, 0.4) is 0 Å². The largest absolute Gasteiger partial charge is 0.472 e. The Kier molecular flexibility index (Phi) is 20.3. The van der Waals surface area contributed by atoms with Gasteiger partial charge in [-0.05, 0) is 32.4 Å². The quantitative estimate of drug-likeness (QED) is 0.0985. The van der Waals surface area contributed by atoms with Crippen molar-refractivity contribution < 1.29 is 18.5 Å². The van der Waals surface area contributed by atoms with Crippen molar-refractivity contribution in [1.29, 1.82) is 0 Å². The predicted molar refractivity (Wildman–Crippen MR) is 160 cm³/mol. The second-order valence-electron chi connectivity index (χ2n) is 10.3. The lowest BCUT2D eigenvalue weighted by atomic mass is 10.0. The monoisotopic (exact) mass is 543 g/mol. The van der Waals surface area contributed by atoms with Crippen LogP contribution in [0.15, 0.2) is 30.3 Å². The molecular formula is C30H57O4P2+. The van der Waals surface area contributed by atoms with Gasteiger partial charge in [-0.25, -0.2) is 4.57 Å². The van der Waals surface area contributed by atoms with Crippen LogP contribution in [0.5, 0.6) is 0 Å². The molecule has 0 saturated carbocycles. The lowest BCUT2D eigenvalue weighted by molar-refractivity contribution is 0.153. The van der Waals surface area contributed by atoms with E-state index in [0.29, 0.717) is 6.61 Å². The molecular weight excluding hydrogens is 486 g/mol. The van der Waals surface area contributed by atoms with Crippen molar-refractivity contribution in [1.82, 2.24) is 0 Å². The van der Waals surface area contributed by atoms with E-state index in [4.69, 9.17) is 9.05 Å². The SMILES string of the molecule is CCCCCCCCCCCCCCCCCCOP(=O)(O)OCC[P+](CC)(CC)c1ccccc1. The predicted octanol–water partition coefficient (Wildman–Crippen LogP) is 9.76. The minimum Gasteiger partial charge on any atom is -0.302 e. The summed E-state index contributed by atoms with van der Waals surface area (Å²) in [4.78, 5) is 10.1. The maximum absolute atomic E-state index is 12.3. The highest BCUT2D eigenvalue weighted by Crippen LogP contribution is 2.57. The van der Waals surface area contributed by atoms with Crippen LogP contribution < -0.4 is 5.30 Å². The first-order valence-electron chi connectivity index (χ1n) is 15.0. The highest BCUT2D eigenvalue weighted by molar-refractivity contribution is 7.82. The van der Waals surface area contributed by atoms with Crippen LogP contribution in [0, 0.1) is 0 Å². The molecule has 0 amide bonds. The van der Waals surface area contributed by atoms with Crippen LogP contribution in [-0.4, -0.2) is 36.6 Å². The third-order valence-corrected chi connectivity index (χ3v) is 13.4. The molecule has 0 aliphatic carbocycles. The average molecular weight is 544 g/mol. The minimum atomic E-state index is -3.96. The molecule has 1 aromatic carbocycles. The molecule has 0 saturated heterocycles. The van der Waals surface area contributed by atoms with Gasteiger partial charge in [0.05, 0.1) is 37.0 Å². The van der Waals surface area contributed by atoms with E-state index in [-0.39, 0.29) is 6.61 Å². The standard InChI is InChI=1S/C30H56O4P2/c1-4-7-8-9-10-11-12-13-14-15-16-17-18-19-20-24-27-33-36(31,32)34-28-29-35(5-2,6-3)30-25-22-21-23-26-30/h21-23,25-26H,4-20,24,27-29H2,1-3H3/p+1. The Balaban J connectivity index is 2.00. The van der Waals surface area contributed by atoms with Crippen molar-refractivity contribution in [3.63, 3.8) is 0 Å². The topological polar surface area (TPSA) is 55.8 Å². The van der Waals surface area contributed by atoms with E-state index in [1.807, 2.05) is 6.07 Å². The van der Waals surface area contributed by atoms with E-state index in [2.05, 4.69) is 45.0 Å². The molecule has 36 heavy (non-hydrogen) atoms. The molecule has 1 aromatic rings.